The monoisotopic (exact) mass is 333 g/mol. The van der Waals surface area contributed by atoms with Crippen molar-refractivity contribution in [3.05, 3.63) is 38.9 Å². The van der Waals surface area contributed by atoms with Gasteiger partial charge in [0.25, 0.3) is 5.69 Å². The second kappa shape index (κ2) is 7.94. The first-order valence-electron chi connectivity index (χ1n) is 6.88. The van der Waals surface area contributed by atoms with Gasteiger partial charge in [-0.15, -0.1) is 12.4 Å². The summed E-state index contributed by atoms with van der Waals surface area (Å²) in [7, 11) is 0. The molecule has 0 radical (unpaired) electrons. The first-order chi connectivity index (χ1) is 9.47. The van der Waals surface area contributed by atoms with E-state index in [1.165, 1.54) is 6.07 Å². The molecule has 0 aromatic heterocycles. The zero-order chi connectivity index (χ0) is 14.7. The van der Waals surface area contributed by atoms with Gasteiger partial charge in [0, 0.05) is 35.8 Å². The smallest absolute Gasteiger partial charge is 0.275 e. The lowest BCUT2D eigenvalue weighted by Crippen LogP contribution is -2.42. The van der Waals surface area contributed by atoms with Crippen molar-refractivity contribution < 1.29 is 4.92 Å². The number of rotatable bonds is 4. The van der Waals surface area contributed by atoms with Crippen molar-refractivity contribution in [2.75, 3.05) is 13.1 Å². The van der Waals surface area contributed by atoms with Gasteiger partial charge in [-0.25, -0.2) is 0 Å². The van der Waals surface area contributed by atoms with Crippen molar-refractivity contribution in [2.24, 2.45) is 11.7 Å². The summed E-state index contributed by atoms with van der Waals surface area (Å²) in [5, 5.41) is 11.5. The Bertz CT molecular complexity index is 497. The minimum absolute atomic E-state index is 0. The average Bonchev–Trinajstić information content (AvgIpc) is 2.41. The van der Waals surface area contributed by atoms with Gasteiger partial charge in [-0.05, 0) is 44.4 Å². The van der Waals surface area contributed by atoms with Crippen molar-refractivity contribution in [2.45, 2.75) is 32.4 Å². The maximum Gasteiger partial charge on any atom is 0.275 e. The molecule has 1 heterocycles. The molecule has 2 rings (SSSR count). The van der Waals surface area contributed by atoms with Crippen LogP contribution in [0, 0.1) is 16.0 Å². The number of nitrogens with zero attached hydrogens (tertiary/aromatic N) is 2. The van der Waals surface area contributed by atoms with Crippen LogP contribution in [-0.2, 0) is 6.54 Å². The highest BCUT2D eigenvalue weighted by Gasteiger charge is 2.24. The quantitative estimate of drug-likeness (QED) is 0.678. The number of nitro benzene ring substituents is 1. The number of likely N-dealkylation sites (tertiary alicyclic amines) is 1. The van der Waals surface area contributed by atoms with E-state index in [-0.39, 0.29) is 29.1 Å². The van der Waals surface area contributed by atoms with Crippen LogP contribution in [0.15, 0.2) is 18.2 Å². The van der Waals surface area contributed by atoms with Crippen molar-refractivity contribution >= 4 is 29.7 Å². The molecule has 0 saturated carbocycles. The number of hydrogen-bond donors (Lipinski definition) is 1. The molecule has 1 saturated heterocycles. The molecule has 0 aliphatic carbocycles. The summed E-state index contributed by atoms with van der Waals surface area (Å²) in [6.07, 6.45) is 2.23. The molecule has 21 heavy (non-hydrogen) atoms. The fourth-order valence-corrected chi connectivity index (χ4v) is 2.91. The number of nitro groups is 1. The summed E-state index contributed by atoms with van der Waals surface area (Å²) in [6, 6.07) is 5.04. The van der Waals surface area contributed by atoms with Crippen LogP contribution >= 0.6 is 24.0 Å². The van der Waals surface area contributed by atoms with Crippen LogP contribution in [0.4, 0.5) is 5.69 Å². The lowest BCUT2D eigenvalue weighted by molar-refractivity contribution is -0.385. The molecule has 1 aromatic rings. The molecule has 5 nitrogen and oxygen atoms in total. The minimum atomic E-state index is -0.367. The summed E-state index contributed by atoms with van der Waals surface area (Å²) in [5.41, 5.74) is 6.78. The Hall–Kier alpha value is -0.880. The first kappa shape index (κ1) is 18.2. The lowest BCUT2D eigenvalue weighted by Gasteiger charge is -2.34. The van der Waals surface area contributed by atoms with Gasteiger partial charge in [-0.1, -0.05) is 11.6 Å². The van der Waals surface area contributed by atoms with Gasteiger partial charge in [-0.2, -0.15) is 0 Å². The van der Waals surface area contributed by atoms with E-state index in [9.17, 15) is 10.1 Å². The molecule has 2 N–H and O–H groups in total. The number of hydrogen-bond acceptors (Lipinski definition) is 4. The third-order valence-corrected chi connectivity index (χ3v) is 4.16. The van der Waals surface area contributed by atoms with E-state index in [1.807, 2.05) is 6.92 Å². The van der Waals surface area contributed by atoms with Gasteiger partial charge >= 0.3 is 0 Å². The fraction of sp³-hybridized carbons (Fsp3) is 0.571. The van der Waals surface area contributed by atoms with E-state index in [0.29, 0.717) is 23.0 Å². The molecule has 2 unspecified atom stereocenters. The van der Waals surface area contributed by atoms with Crippen LogP contribution in [0.1, 0.15) is 25.3 Å². The summed E-state index contributed by atoms with van der Waals surface area (Å²) in [6.45, 7) is 4.47. The van der Waals surface area contributed by atoms with Crippen LogP contribution in [0.25, 0.3) is 0 Å². The van der Waals surface area contributed by atoms with Crippen molar-refractivity contribution in [1.82, 2.24) is 4.90 Å². The van der Waals surface area contributed by atoms with Crippen LogP contribution < -0.4 is 5.73 Å². The summed E-state index contributed by atoms with van der Waals surface area (Å²) in [5.74, 6) is 0.468. The van der Waals surface area contributed by atoms with E-state index >= 15 is 0 Å². The Morgan fingerprint density at radius 3 is 2.90 bits per heavy atom. The molecule has 1 fully saturated rings. The van der Waals surface area contributed by atoms with Crippen molar-refractivity contribution in [1.29, 1.82) is 0 Å². The van der Waals surface area contributed by atoms with Crippen LogP contribution in [0.2, 0.25) is 5.02 Å². The van der Waals surface area contributed by atoms with Crippen molar-refractivity contribution in [3.8, 4) is 0 Å². The third kappa shape index (κ3) is 4.81. The number of benzene rings is 1. The Balaban J connectivity index is 0.00000220. The SMILES string of the molecule is CC(N)C1CCCN(Cc2ccc(Cl)cc2[N+](=O)[O-])C1.Cl. The predicted molar refractivity (Wildman–Crippen MR) is 87.0 cm³/mol. The Labute approximate surface area is 136 Å². The van der Waals surface area contributed by atoms with Gasteiger partial charge in [0.15, 0.2) is 0 Å². The molecule has 0 amide bonds. The number of nitrogens with two attached hydrogens (primary N) is 1. The summed E-state index contributed by atoms with van der Waals surface area (Å²) < 4.78 is 0. The van der Waals surface area contributed by atoms with Gasteiger partial charge < -0.3 is 5.73 Å². The minimum Gasteiger partial charge on any atom is -0.328 e. The maximum absolute atomic E-state index is 11.1. The van der Waals surface area contributed by atoms with Crippen LogP contribution in [0.3, 0.4) is 0 Å². The number of halogens is 2. The molecule has 1 aliphatic heterocycles. The molecule has 1 aliphatic rings. The molecule has 0 spiro atoms. The molecule has 1 aromatic carbocycles. The van der Waals surface area contributed by atoms with Gasteiger partial charge in [0.1, 0.15) is 0 Å². The highest BCUT2D eigenvalue weighted by Crippen LogP contribution is 2.27. The van der Waals surface area contributed by atoms with Gasteiger partial charge in [-0.3, -0.25) is 15.0 Å². The molecule has 7 heteroatoms. The van der Waals surface area contributed by atoms with E-state index in [4.69, 9.17) is 17.3 Å². The van der Waals surface area contributed by atoms with E-state index in [0.717, 1.165) is 25.9 Å². The van der Waals surface area contributed by atoms with Gasteiger partial charge in [0.05, 0.1) is 4.92 Å². The Kier molecular flexibility index (Phi) is 6.87. The maximum atomic E-state index is 11.1. The molecular weight excluding hydrogens is 313 g/mol. The second-order valence-electron chi connectivity index (χ2n) is 5.53. The standard InChI is InChI=1S/C14H20ClN3O2.ClH/c1-10(16)11-3-2-6-17(8-11)9-12-4-5-13(15)7-14(12)18(19)20;/h4-5,7,10-11H,2-3,6,8-9,16H2,1H3;1H. The normalized spacial score (nSPS) is 20.6. The van der Waals surface area contributed by atoms with Crippen LogP contribution in [0.5, 0.6) is 0 Å². The molecule has 2 atom stereocenters. The third-order valence-electron chi connectivity index (χ3n) is 3.92. The molecular formula is C14H21Cl2N3O2. The average molecular weight is 334 g/mol. The van der Waals surface area contributed by atoms with E-state index in [1.54, 1.807) is 12.1 Å². The molecule has 0 bridgehead atoms. The zero-order valence-corrected chi connectivity index (χ0v) is 13.6. The topological polar surface area (TPSA) is 72.4 Å². The van der Waals surface area contributed by atoms with E-state index < -0.39 is 0 Å². The highest BCUT2D eigenvalue weighted by atomic mass is 35.5. The first-order valence-corrected chi connectivity index (χ1v) is 7.26. The summed E-state index contributed by atoms with van der Waals surface area (Å²) in [4.78, 5) is 13.0. The zero-order valence-electron chi connectivity index (χ0n) is 12.0. The largest absolute Gasteiger partial charge is 0.328 e. The second-order valence-corrected chi connectivity index (χ2v) is 5.96. The highest BCUT2D eigenvalue weighted by molar-refractivity contribution is 6.30. The fourth-order valence-electron chi connectivity index (χ4n) is 2.75. The Morgan fingerprint density at radius 1 is 1.57 bits per heavy atom. The molecule has 118 valence electrons. The lowest BCUT2D eigenvalue weighted by atomic mass is 9.92. The predicted octanol–water partition coefficient (Wildman–Crippen LogP) is 3.23. The van der Waals surface area contributed by atoms with Crippen LogP contribution in [-0.4, -0.2) is 29.0 Å². The summed E-state index contributed by atoms with van der Waals surface area (Å²) >= 11 is 5.83. The Morgan fingerprint density at radius 2 is 2.29 bits per heavy atom. The van der Waals surface area contributed by atoms with Crippen molar-refractivity contribution in [3.63, 3.8) is 0 Å². The van der Waals surface area contributed by atoms with Gasteiger partial charge in [0.2, 0.25) is 0 Å². The number of piperidine rings is 1. The van der Waals surface area contributed by atoms with E-state index in [2.05, 4.69) is 4.90 Å².